The quantitative estimate of drug-likeness (QED) is 0.840. The first-order chi connectivity index (χ1) is 12.6. The molecule has 1 aromatic heterocycles. The Labute approximate surface area is 158 Å². The van der Waals surface area contributed by atoms with E-state index in [4.69, 9.17) is 22.1 Å². The number of aromatic nitrogens is 2. The summed E-state index contributed by atoms with van der Waals surface area (Å²) < 4.78 is 5.88. The van der Waals surface area contributed by atoms with E-state index in [1.807, 2.05) is 19.1 Å². The van der Waals surface area contributed by atoms with Crippen molar-refractivity contribution in [3.05, 3.63) is 40.0 Å². The highest BCUT2D eigenvalue weighted by molar-refractivity contribution is 6.31. The lowest BCUT2D eigenvalue weighted by Crippen LogP contribution is -2.32. The van der Waals surface area contributed by atoms with E-state index in [9.17, 15) is 0 Å². The van der Waals surface area contributed by atoms with E-state index in [0.29, 0.717) is 12.6 Å². The largest absolute Gasteiger partial charge is 0.385 e. The zero-order valence-corrected chi connectivity index (χ0v) is 15.7. The van der Waals surface area contributed by atoms with Gasteiger partial charge in [0, 0.05) is 42.2 Å². The molecule has 1 unspecified atom stereocenters. The van der Waals surface area contributed by atoms with Gasteiger partial charge in [0.2, 0.25) is 5.95 Å². The summed E-state index contributed by atoms with van der Waals surface area (Å²) in [6.45, 7) is 5.08. The fraction of sp³-hybridized carbons (Fsp3) is 0.474. The van der Waals surface area contributed by atoms with Gasteiger partial charge in [0.15, 0.2) is 0 Å². The molecule has 3 heterocycles. The summed E-state index contributed by atoms with van der Waals surface area (Å²) >= 11 is 6.68. The van der Waals surface area contributed by atoms with Gasteiger partial charge in [-0.05, 0) is 43.4 Å². The maximum absolute atomic E-state index is 6.68. The van der Waals surface area contributed by atoms with Crippen molar-refractivity contribution >= 4 is 29.1 Å². The van der Waals surface area contributed by atoms with Gasteiger partial charge >= 0.3 is 0 Å². The van der Waals surface area contributed by atoms with E-state index in [1.165, 1.54) is 5.56 Å². The minimum Gasteiger partial charge on any atom is -0.385 e. The predicted molar refractivity (Wildman–Crippen MR) is 105 cm³/mol. The van der Waals surface area contributed by atoms with E-state index in [-0.39, 0.29) is 6.04 Å². The van der Waals surface area contributed by atoms with Crippen LogP contribution in [-0.4, -0.2) is 36.3 Å². The molecule has 7 heteroatoms. The minimum absolute atomic E-state index is 0.00549. The van der Waals surface area contributed by atoms with Crippen LogP contribution in [0.5, 0.6) is 0 Å². The zero-order chi connectivity index (χ0) is 18.1. The van der Waals surface area contributed by atoms with Crippen molar-refractivity contribution in [2.45, 2.75) is 32.2 Å². The molecule has 2 aliphatic heterocycles. The van der Waals surface area contributed by atoms with Crippen molar-refractivity contribution in [1.29, 1.82) is 0 Å². The molecule has 3 N–H and O–H groups in total. The van der Waals surface area contributed by atoms with Gasteiger partial charge in [0.25, 0.3) is 0 Å². The van der Waals surface area contributed by atoms with Gasteiger partial charge in [-0.3, -0.25) is 0 Å². The first kappa shape index (κ1) is 17.4. The van der Waals surface area contributed by atoms with Crippen LogP contribution in [0.1, 0.15) is 35.7 Å². The number of nitrogens with zero attached hydrogens (tertiary/aromatic N) is 3. The van der Waals surface area contributed by atoms with Crippen LogP contribution in [0.15, 0.2) is 18.2 Å². The molecule has 0 saturated carbocycles. The number of hydrogen-bond donors (Lipinski definition) is 2. The highest BCUT2D eigenvalue weighted by Gasteiger charge is 2.28. The predicted octanol–water partition coefficient (Wildman–Crippen LogP) is 3.35. The molecule has 138 valence electrons. The Morgan fingerprint density at radius 1 is 1.27 bits per heavy atom. The molecule has 0 amide bonds. The van der Waals surface area contributed by atoms with Crippen LogP contribution in [0, 0.1) is 6.92 Å². The van der Waals surface area contributed by atoms with Crippen molar-refractivity contribution < 1.29 is 4.74 Å². The normalized spacial score (nSPS) is 20.2. The summed E-state index contributed by atoms with van der Waals surface area (Å²) in [4.78, 5) is 10.9. The smallest absolute Gasteiger partial charge is 0.222 e. The second kappa shape index (κ2) is 7.29. The number of anilines is 3. The van der Waals surface area contributed by atoms with Crippen molar-refractivity contribution in [2.75, 3.05) is 42.3 Å². The van der Waals surface area contributed by atoms with E-state index < -0.39 is 0 Å². The molecule has 1 fully saturated rings. The average molecular weight is 374 g/mol. The average Bonchev–Trinajstić information content (AvgIpc) is 2.86. The molecule has 2 aliphatic rings. The molecule has 1 atom stereocenters. The lowest BCUT2D eigenvalue weighted by Gasteiger charge is -2.32. The Morgan fingerprint density at radius 3 is 3.00 bits per heavy atom. The first-order valence-corrected chi connectivity index (χ1v) is 9.51. The van der Waals surface area contributed by atoms with Gasteiger partial charge in [-0.2, -0.15) is 4.98 Å². The summed E-state index contributed by atoms with van der Waals surface area (Å²) in [5.74, 6) is 1.13. The maximum atomic E-state index is 6.68. The van der Waals surface area contributed by atoms with Crippen molar-refractivity contribution in [2.24, 2.45) is 0 Å². The number of nitrogens with two attached hydrogens (primary N) is 1. The van der Waals surface area contributed by atoms with Crippen molar-refractivity contribution in [3.8, 4) is 0 Å². The minimum atomic E-state index is 0.00549. The molecule has 0 aliphatic carbocycles. The van der Waals surface area contributed by atoms with E-state index in [0.717, 1.165) is 66.7 Å². The highest BCUT2D eigenvalue weighted by Crippen LogP contribution is 2.37. The van der Waals surface area contributed by atoms with E-state index in [1.54, 1.807) is 0 Å². The Kier molecular flexibility index (Phi) is 4.87. The van der Waals surface area contributed by atoms with E-state index >= 15 is 0 Å². The third kappa shape index (κ3) is 3.44. The number of aryl methyl sites for hydroxylation is 2. The number of nitrogen functional groups attached to an aromatic ring is 1. The molecule has 0 radical (unpaired) electrons. The molecule has 2 aromatic rings. The summed E-state index contributed by atoms with van der Waals surface area (Å²) in [6, 6.07) is 6.26. The van der Waals surface area contributed by atoms with Crippen LogP contribution in [0.3, 0.4) is 0 Å². The van der Waals surface area contributed by atoms with Gasteiger partial charge in [0.05, 0.1) is 12.6 Å². The Morgan fingerprint density at radius 2 is 2.15 bits per heavy atom. The fourth-order valence-corrected chi connectivity index (χ4v) is 4.09. The summed E-state index contributed by atoms with van der Waals surface area (Å²) in [5, 5.41) is 4.20. The lowest BCUT2D eigenvalue weighted by atomic mass is 9.96. The first-order valence-electron chi connectivity index (χ1n) is 9.13. The van der Waals surface area contributed by atoms with Crippen LogP contribution in [-0.2, 0) is 11.2 Å². The Hall–Kier alpha value is -2.05. The standard InChI is InChI=1S/C19H24ClN5O/c1-12-8-18(24-19(21)23-12)25-6-3-7-26-11-17(25)14-9-13-4-2-5-22-16(13)10-15(14)20/h8-10,17,22H,2-7,11H2,1H3,(H2,21,23,24). The Bertz CT molecular complexity index is 793. The monoisotopic (exact) mass is 373 g/mol. The number of halogens is 1. The third-order valence-electron chi connectivity index (χ3n) is 5.01. The van der Waals surface area contributed by atoms with Gasteiger partial charge < -0.3 is 20.7 Å². The fourth-order valence-electron chi connectivity index (χ4n) is 3.80. The summed E-state index contributed by atoms with van der Waals surface area (Å²) in [7, 11) is 0. The number of hydrogen-bond acceptors (Lipinski definition) is 6. The van der Waals surface area contributed by atoms with Crippen LogP contribution in [0.25, 0.3) is 0 Å². The molecule has 1 aromatic carbocycles. The third-order valence-corrected chi connectivity index (χ3v) is 5.34. The summed E-state index contributed by atoms with van der Waals surface area (Å²) in [5.41, 5.74) is 10.3. The summed E-state index contributed by atoms with van der Waals surface area (Å²) in [6.07, 6.45) is 3.14. The molecule has 26 heavy (non-hydrogen) atoms. The zero-order valence-electron chi connectivity index (χ0n) is 15.0. The number of rotatable bonds is 2. The molecular weight excluding hydrogens is 350 g/mol. The van der Waals surface area contributed by atoms with Gasteiger partial charge in [-0.1, -0.05) is 17.7 Å². The van der Waals surface area contributed by atoms with E-state index in [2.05, 4.69) is 26.3 Å². The molecule has 4 rings (SSSR count). The number of ether oxygens (including phenoxy) is 1. The number of fused-ring (bicyclic) bond motifs is 1. The second-order valence-corrected chi connectivity index (χ2v) is 7.33. The van der Waals surface area contributed by atoms with Crippen LogP contribution < -0.4 is 16.0 Å². The molecule has 1 saturated heterocycles. The van der Waals surface area contributed by atoms with Gasteiger partial charge in [0.1, 0.15) is 5.82 Å². The second-order valence-electron chi connectivity index (χ2n) is 6.92. The molecule has 0 bridgehead atoms. The SMILES string of the molecule is Cc1cc(N2CCCOCC2c2cc3c(cc2Cl)NCCC3)nc(N)n1. The van der Waals surface area contributed by atoms with Gasteiger partial charge in [-0.15, -0.1) is 0 Å². The maximum Gasteiger partial charge on any atom is 0.222 e. The van der Waals surface area contributed by atoms with Crippen molar-refractivity contribution in [3.63, 3.8) is 0 Å². The van der Waals surface area contributed by atoms with Gasteiger partial charge in [-0.25, -0.2) is 4.98 Å². The molecule has 6 nitrogen and oxygen atoms in total. The van der Waals surface area contributed by atoms with Crippen molar-refractivity contribution in [1.82, 2.24) is 9.97 Å². The lowest BCUT2D eigenvalue weighted by molar-refractivity contribution is 0.134. The van der Waals surface area contributed by atoms with Crippen LogP contribution in [0.2, 0.25) is 5.02 Å². The number of nitrogens with one attached hydrogen (secondary N) is 1. The van der Waals surface area contributed by atoms with Crippen LogP contribution >= 0.6 is 11.6 Å². The number of benzene rings is 1. The molecular formula is C19H24ClN5O. The molecule has 0 spiro atoms. The topological polar surface area (TPSA) is 76.3 Å². The van der Waals surface area contributed by atoms with Crippen LogP contribution in [0.4, 0.5) is 17.5 Å². The highest BCUT2D eigenvalue weighted by atomic mass is 35.5. The Balaban J connectivity index is 1.76.